The van der Waals surface area contributed by atoms with E-state index >= 15 is 0 Å². The van der Waals surface area contributed by atoms with Crippen LogP contribution in [0.4, 0.5) is 0 Å². The van der Waals surface area contributed by atoms with Crippen molar-refractivity contribution in [1.82, 2.24) is 0 Å². The normalized spacial score (nSPS) is 8.57. The Labute approximate surface area is 72.0 Å². The molecule has 0 aromatic carbocycles. The maximum atomic E-state index is 8.17. The molecule has 0 saturated carbocycles. The van der Waals surface area contributed by atoms with Gasteiger partial charge in [-0.05, 0) is 0 Å². The Bertz CT molecular complexity index is 29.4. The smallest absolute Gasteiger partial charge is 0.394 e. The third-order valence-electron chi connectivity index (χ3n) is 0.421. The zero-order valence-electron chi connectivity index (χ0n) is 4.04. The van der Waals surface area contributed by atoms with Crippen molar-refractivity contribution >= 4 is 37.7 Å². The standard InChI is InChI=1S/C3H8O3.Ca/c4-1-3(6)2-5;/h3-6H,1-2H2;/q;+2. The fraction of sp³-hybridized carbons (Fsp3) is 1.00. The average molecular weight is 132 g/mol. The van der Waals surface area contributed by atoms with Gasteiger partial charge in [-0.1, -0.05) is 0 Å². The van der Waals surface area contributed by atoms with Crippen LogP contribution in [0.3, 0.4) is 0 Å². The third-order valence-corrected chi connectivity index (χ3v) is 0.421. The molecule has 4 heteroatoms. The molecule has 0 amide bonds. The number of hydrogen-bond donors (Lipinski definition) is 3. The molecule has 0 saturated heterocycles. The predicted octanol–water partition coefficient (Wildman–Crippen LogP) is -2.05. The van der Waals surface area contributed by atoms with Crippen molar-refractivity contribution in [2.45, 2.75) is 6.10 Å². The number of rotatable bonds is 2. The molecule has 0 aliphatic rings. The molecule has 0 bridgehead atoms. The van der Waals surface area contributed by atoms with Gasteiger partial charge in [0.05, 0.1) is 13.2 Å². The largest absolute Gasteiger partial charge is 2.00 e. The Kier molecular flexibility index (Phi) is 11.2. The first kappa shape index (κ1) is 11.0. The Morgan fingerprint density at radius 1 is 1.14 bits per heavy atom. The molecule has 0 aromatic rings. The molecule has 0 heterocycles. The summed E-state index contributed by atoms with van der Waals surface area (Å²) in [6.07, 6.45) is -0.954. The molecule has 0 rings (SSSR count). The van der Waals surface area contributed by atoms with Gasteiger partial charge in [0, 0.05) is 0 Å². The van der Waals surface area contributed by atoms with Crippen molar-refractivity contribution in [2.75, 3.05) is 13.2 Å². The van der Waals surface area contributed by atoms with Crippen LogP contribution < -0.4 is 0 Å². The summed E-state index contributed by atoms with van der Waals surface area (Å²) in [6.45, 7) is -0.729. The van der Waals surface area contributed by atoms with E-state index in [4.69, 9.17) is 15.3 Å². The summed E-state index contributed by atoms with van der Waals surface area (Å²) in [5.41, 5.74) is 0. The van der Waals surface area contributed by atoms with Crippen LogP contribution in [0.1, 0.15) is 0 Å². The van der Waals surface area contributed by atoms with Gasteiger partial charge in [0.1, 0.15) is 6.10 Å². The van der Waals surface area contributed by atoms with Crippen LogP contribution in [-0.2, 0) is 0 Å². The fourth-order valence-electron chi connectivity index (χ4n) is 0.0577. The zero-order valence-corrected chi connectivity index (χ0v) is 6.25. The Morgan fingerprint density at radius 3 is 1.43 bits per heavy atom. The summed E-state index contributed by atoms with van der Waals surface area (Å²) in [4.78, 5) is 0. The maximum Gasteiger partial charge on any atom is 2.00 e. The molecule has 0 aromatic heterocycles. The van der Waals surface area contributed by atoms with Gasteiger partial charge in [-0.25, -0.2) is 0 Å². The van der Waals surface area contributed by atoms with Crippen LogP contribution >= 0.6 is 0 Å². The van der Waals surface area contributed by atoms with Gasteiger partial charge in [0.15, 0.2) is 0 Å². The SMILES string of the molecule is OCC(O)CO.[Ca+2]. The van der Waals surface area contributed by atoms with Gasteiger partial charge in [-0.2, -0.15) is 0 Å². The fourth-order valence-corrected chi connectivity index (χ4v) is 0.0577. The van der Waals surface area contributed by atoms with Crippen molar-refractivity contribution < 1.29 is 15.3 Å². The van der Waals surface area contributed by atoms with E-state index in [2.05, 4.69) is 0 Å². The second kappa shape index (κ2) is 7.14. The molecule has 0 aliphatic heterocycles. The van der Waals surface area contributed by atoms with Gasteiger partial charge >= 0.3 is 37.7 Å². The first-order chi connectivity index (χ1) is 2.81. The quantitative estimate of drug-likeness (QED) is 0.379. The summed E-state index contributed by atoms with van der Waals surface area (Å²) in [6, 6.07) is 0. The van der Waals surface area contributed by atoms with Gasteiger partial charge in [-0.3, -0.25) is 0 Å². The van der Waals surface area contributed by atoms with Gasteiger partial charge in [0.2, 0.25) is 0 Å². The summed E-state index contributed by atoms with van der Waals surface area (Å²) in [7, 11) is 0. The average Bonchev–Trinajstić information content (AvgIpc) is 1.65. The Balaban J connectivity index is 0. The molecule has 0 aliphatic carbocycles. The van der Waals surface area contributed by atoms with Crippen molar-refractivity contribution in [1.29, 1.82) is 0 Å². The summed E-state index contributed by atoms with van der Waals surface area (Å²) in [5.74, 6) is 0. The van der Waals surface area contributed by atoms with Crippen LogP contribution in [-0.4, -0.2) is 72.4 Å². The van der Waals surface area contributed by atoms with E-state index in [1.165, 1.54) is 0 Å². The van der Waals surface area contributed by atoms with Crippen LogP contribution in [0.5, 0.6) is 0 Å². The monoisotopic (exact) mass is 132 g/mol. The van der Waals surface area contributed by atoms with Crippen molar-refractivity contribution in [3.05, 3.63) is 0 Å². The van der Waals surface area contributed by atoms with E-state index in [1.54, 1.807) is 0 Å². The minimum Gasteiger partial charge on any atom is -0.394 e. The second-order valence-electron chi connectivity index (χ2n) is 1.02. The molecule has 38 valence electrons. The van der Waals surface area contributed by atoms with Crippen LogP contribution in [0.2, 0.25) is 0 Å². The first-order valence-electron chi connectivity index (χ1n) is 1.71. The minimum absolute atomic E-state index is 0. The van der Waals surface area contributed by atoms with E-state index in [1.807, 2.05) is 0 Å². The van der Waals surface area contributed by atoms with Gasteiger partial charge in [0.25, 0.3) is 0 Å². The van der Waals surface area contributed by atoms with Gasteiger partial charge in [-0.15, -0.1) is 0 Å². The Morgan fingerprint density at radius 2 is 1.43 bits per heavy atom. The molecule has 7 heavy (non-hydrogen) atoms. The summed E-state index contributed by atoms with van der Waals surface area (Å²) in [5, 5.41) is 24.0. The summed E-state index contributed by atoms with van der Waals surface area (Å²) < 4.78 is 0. The van der Waals surface area contributed by atoms with Crippen molar-refractivity contribution in [3.8, 4) is 0 Å². The first-order valence-corrected chi connectivity index (χ1v) is 1.71. The summed E-state index contributed by atoms with van der Waals surface area (Å²) >= 11 is 0. The van der Waals surface area contributed by atoms with E-state index in [0.29, 0.717) is 0 Å². The molecule has 3 N–H and O–H groups in total. The van der Waals surface area contributed by atoms with Crippen molar-refractivity contribution in [2.24, 2.45) is 0 Å². The number of aliphatic hydroxyl groups excluding tert-OH is 3. The van der Waals surface area contributed by atoms with Crippen LogP contribution in [0, 0.1) is 0 Å². The molecule has 0 fully saturated rings. The molecule has 0 unspecified atom stereocenters. The zero-order chi connectivity index (χ0) is 4.99. The predicted molar refractivity (Wildman–Crippen MR) is 25.9 cm³/mol. The van der Waals surface area contributed by atoms with Gasteiger partial charge < -0.3 is 15.3 Å². The molecule has 0 radical (unpaired) electrons. The van der Waals surface area contributed by atoms with Crippen LogP contribution in [0.25, 0.3) is 0 Å². The minimum atomic E-state index is -0.954. The van der Waals surface area contributed by atoms with E-state index in [0.717, 1.165) is 0 Å². The number of hydrogen-bond acceptors (Lipinski definition) is 3. The molecule has 3 nitrogen and oxygen atoms in total. The maximum absolute atomic E-state index is 8.17. The second-order valence-corrected chi connectivity index (χ2v) is 1.02. The van der Waals surface area contributed by atoms with E-state index in [9.17, 15) is 0 Å². The van der Waals surface area contributed by atoms with E-state index in [-0.39, 0.29) is 51.0 Å². The Hall–Kier alpha value is 1.14. The molecular weight excluding hydrogens is 124 g/mol. The molecule has 0 spiro atoms. The van der Waals surface area contributed by atoms with Crippen molar-refractivity contribution in [3.63, 3.8) is 0 Å². The number of aliphatic hydroxyl groups is 3. The molecule has 0 atom stereocenters. The molecular formula is C3H8CaO3+2. The van der Waals surface area contributed by atoms with Crippen LogP contribution in [0.15, 0.2) is 0 Å². The van der Waals surface area contributed by atoms with E-state index < -0.39 is 6.10 Å². The third kappa shape index (κ3) is 7.14. The topological polar surface area (TPSA) is 60.7 Å².